The van der Waals surface area contributed by atoms with Crippen LogP contribution in [0.4, 0.5) is 5.69 Å². The molecule has 0 saturated carbocycles. The summed E-state index contributed by atoms with van der Waals surface area (Å²) in [4.78, 5) is 23.6. The van der Waals surface area contributed by atoms with Gasteiger partial charge in [-0.25, -0.2) is 0 Å². The zero-order valence-corrected chi connectivity index (χ0v) is 11.6. The fraction of sp³-hybridized carbons (Fsp3) is 0.429. The minimum atomic E-state index is -0.504. The fourth-order valence-corrected chi connectivity index (χ4v) is 2.36. The first-order valence-corrected chi connectivity index (χ1v) is 6.50. The summed E-state index contributed by atoms with van der Waals surface area (Å²) in [7, 11) is 1.80. The lowest BCUT2D eigenvalue weighted by atomic mass is 10.0. The van der Waals surface area contributed by atoms with Crippen molar-refractivity contribution < 1.29 is 14.3 Å². The van der Waals surface area contributed by atoms with E-state index in [1.54, 1.807) is 32.2 Å². The Balaban J connectivity index is 2.16. The number of primary amides is 1. The molecule has 0 aliphatic carbocycles. The van der Waals surface area contributed by atoms with Crippen molar-refractivity contribution in [2.45, 2.75) is 13.0 Å². The Morgan fingerprint density at radius 2 is 2.10 bits per heavy atom. The second-order valence-corrected chi connectivity index (χ2v) is 4.87. The molecule has 1 aliphatic rings. The second-order valence-electron chi connectivity index (χ2n) is 4.87. The Morgan fingerprint density at radius 1 is 1.35 bits per heavy atom. The molecule has 0 aromatic heterocycles. The van der Waals surface area contributed by atoms with E-state index in [-0.39, 0.29) is 17.9 Å². The van der Waals surface area contributed by atoms with Crippen molar-refractivity contribution in [3.8, 4) is 0 Å². The zero-order chi connectivity index (χ0) is 14.7. The number of carbonyl (C=O) groups is 2. The maximum Gasteiger partial charge on any atom is 0.249 e. The topological polar surface area (TPSA) is 93.4 Å². The lowest BCUT2D eigenvalue weighted by molar-refractivity contribution is -0.120. The van der Waals surface area contributed by atoms with Gasteiger partial charge in [-0.2, -0.15) is 0 Å². The summed E-state index contributed by atoms with van der Waals surface area (Å²) in [5.74, 6) is -0.862. The van der Waals surface area contributed by atoms with E-state index >= 15 is 0 Å². The third kappa shape index (κ3) is 2.81. The molecule has 1 aromatic rings. The first-order valence-electron chi connectivity index (χ1n) is 6.50. The molecule has 2 unspecified atom stereocenters. The number of benzene rings is 1. The minimum absolute atomic E-state index is 0.00892. The Bertz CT molecular complexity index is 530. The van der Waals surface area contributed by atoms with Gasteiger partial charge in [0, 0.05) is 17.3 Å². The molecule has 2 amide bonds. The van der Waals surface area contributed by atoms with E-state index in [0.29, 0.717) is 30.0 Å². The SMILES string of the molecule is CNC1COCC1C(=O)Nc1cccc(C(N)=O)c1C. The van der Waals surface area contributed by atoms with Gasteiger partial charge in [-0.05, 0) is 31.7 Å². The molecule has 6 nitrogen and oxygen atoms in total. The summed E-state index contributed by atoms with van der Waals surface area (Å²) in [6.45, 7) is 2.68. The molecular formula is C14H19N3O3. The molecule has 108 valence electrons. The Morgan fingerprint density at radius 3 is 2.75 bits per heavy atom. The van der Waals surface area contributed by atoms with Crippen LogP contribution in [-0.2, 0) is 9.53 Å². The van der Waals surface area contributed by atoms with Crippen LogP contribution in [0.3, 0.4) is 0 Å². The molecule has 2 atom stereocenters. The highest BCUT2D eigenvalue weighted by molar-refractivity contribution is 5.99. The number of ether oxygens (including phenoxy) is 1. The molecule has 4 N–H and O–H groups in total. The third-order valence-electron chi connectivity index (χ3n) is 3.65. The van der Waals surface area contributed by atoms with Crippen molar-refractivity contribution in [2.24, 2.45) is 11.7 Å². The van der Waals surface area contributed by atoms with E-state index in [1.807, 2.05) is 0 Å². The predicted molar refractivity (Wildman–Crippen MR) is 75.5 cm³/mol. The van der Waals surface area contributed by atoms with Crippen molar-refractivity contribution in [3.05, 3.63) is 29.3 Å². The van der Waals surface area contributed by atoms with Crippen molar-refractivity contribution in [1.82, 2.24) is 5.32 Å². The molecule has 1 fully saturated rings. The molecule has 1 saturated heterocycles. The Labute approximate surface area is 117 Å². The predicted octanol–water partition coefficient (Wildman–Crippen LogP) is 0.267. The third-order valence-corrected chi connectivity index (χ3v) is 3.65. The van der Waals surface area contributed by atoms with Gasteiger partial charge in [0.05, 0.1) is 19.1 Å². The number of carbonyl (C=O) groups excluding carboxylic acids is 2. The molecule has 1 aromatic carbocycles. The number of hydrogen-bond acceptors (Lipinski definition) is 4. The van der Waals surface area contributed by atoms with Crippen LogP contribution >= 0.6 is 0 Å². The van der Waals surface area contributed by atoms with Crippen LogP contribution in [0.2, 0.25) is 0 Å². The van der Waals surface area contributed by atoms with Gasteiger partial charge in [0.25, 0.3) is 0 Å². The van der Waals surface area contributed by atoms with Gasteiger partial charge in [0.2, 0.25) is 11.8 Å². The van der Waals surface area contributed by atoms with Crippen molar-refractivity contribution in [2.75, 3.05) is 25.6 Å². The highest BCUT2D eigenvalue weighted by Gasteiger charge is 2.33. The largest absolute Gasteiger partial charge is 0.379 e. The van der Waals surface area contributed by atoms with E-state index < -0.39 is 5.91 Å². The van der Waals surface area contributed by atoms with Gasteiger partial charge < -0.3 is 21.1 Å². The van der Waals surface area contributed by atoms with E-state index in [9.17, 15) is 9.59 Å². The molecular weight excluding hydrogens is 258 g/mol. The fourth-order valence-electron chi connectivity index (χ4n) is 2.36. The molecule has 1 heterocycles. The molecule has 20 heavy (non-hydrogen) atoms. The summed E-state index contributed by atoms with van der Waals surface area (Å²) in [6.07, 6.45) is 0. The van der Waals surface area contributed by atoms with Crippen LogP contribution in [0.5, 0.6) is 0 Å². The Hall–Kier alpha value is -1.92. The van der Waals surface area contributed by atoms with Gasteiger partial charge in [-0.3, -0.25) is 9.59 Å². The first kappa shape index (κ1) is 14.5. The van der Waals surface area contributed by atoms with Crippen LogP contribution in [0.1, 0.15) is 15.9 Å². The number of rotatable bonds is 4. The maximum absolute atomic E-state index is 12.3. The number of nitrogens with one attached hydrogen (secondary N) is 2. The minimum Gasteiger partial charge on any atom is -0.379 e. The van der Waals surface area contributed by atoms with Crippen LogP contribution in [0, 0.1) is 12.8 Å². The highest BCUT2D eigenvalue weighted by atomic mass is 16.5. The molecule has 0 spiro atoms. The van der Waals surface area contributed by atoms with Crippen LogP contribution in [0.15, 0.2) is 18.2 Å². The summed E-state index contributed by atoms with van der Waals surface area (Å²) < 4.78 is 5.31. The summed E-state index contributed by atoms with van der Waals surface area (Å²) in [5, 5.41) is 5.91. The lowest BCUT2D eigenvalue weighted by Gasteiger charge is -2.18. The number of nitrogens with two attached hydrogens (primary N) is 1. The quantitative estimate of drug-likeness (QED) is 0.736. The highest BCUT2D eigenvalue weighted by Crippen LogP contribution is 2.21. The van der Waals surface area contributed by atoms with Crippen molar-refractivity contribution >= 4 is 17.5 Å². The van der Waals surface area contributed by atoms with E-state index in [2.05, 4.69) is 10.6 Å². The van der Waals surface area contributed by atoms with Crippen LogP contribution in [-0.4, -0.2) is 38.1 Å². The second kappa shape index (κ2) is 6.02. The average Bonchev–Trinajstić information content (AvgIpc) is 2.89. The van der Waals surface area contributed by atoms with Gasteiger partial charge in [0.15, 0.2) is 0 Å². The van der Waals surface area contributed by atoms with Gasteiger partial charge >= 0.3 is 0 Å². The van der Waals surface area contributed by atoms with E-state index in [1.165, 1.54) is 0 Å². The Kier molecular flexibility index (Phi) is 4.36. The summed E-state index contributed by atoms with van der Waals surface area (Å²) in [5.41, 5.74) is 6.99. The first-order chi connectivity index (χ1) is 9.54. The molecule has 0 radical (unpaired) electrons. The molecule has 1 aliphatic heterocycles. The lowest BCUT2D eigenvalue weighted by Crippen LogP contribution is -2.39. The molecule has 6 heteroatoms. The smallest absolute Gasteiger partial charge is 0.249 e. The normalized spacial score (nSPS) is 21.7. The van der Waals surface area contributed by atoms with Gasteiger partial charge in [0.1, 0.15) is 0 Å². The zero-order valence-electron chi connectivity index (χ0n) is 11.6. The number of anilines is 1. The summed E-state index contributed by atoms with van der Waals surface area (Å²) in [6, 6.07) is 5.10. The number of amides is 2. The number of likely N-dealkylation sites (N-methyl/N-ethyl adjacent to an activating group) is 1. The van der Waals surface area contributed by atoms with Crippen molar-refractivity contribution in [3.63, 3.8) is 0 Å². The average molecular weight is 277 g/mol. The van der Waals surface area contributed by atoms with Crippen LogP contribution < -0.4 is 16.4 Å². The standard InChI is InChI=1S/C14H19N3O3/c1-8-9(13(15)18)4-3-5-11(8)17-14(19)10-6-20-7-12(10)16-2/h3-5,10,12,16H,6-7H2,1-2H3,(H2,15,18)(H,17,19). The summed E-state index contributed by atoms with van der Waals surface area (Å²) >= 11 is 0. The molecule has 0 bridgehead atoms. The van der Waals surface area contributed by atoms with E-state index in [4.69, 9.17) is 10.5 Å². The maximum atomic E-state index is 12.3. The van der Waals surface area contributed by atoms with Crippen molar-refractivity contribution in [1.29, 1.82) is 0 Å². The van der Waals surface area contributed by atoms with Gasteiger partial charge in [-0.1, -0.05) is 6.07 Å². The number of hydrogen-bond donors (Lipinski definition) is 3. The molecule has 2 rings (SSSR count). The monoisotopic (exact) mass is 277 g/mol. The van der Waals surface area contributed by atoms with Gasteiger partial charge in [-0.15, -0.1) is 0 Å². The van der Waals surface area contributed by atoms with Crippen LogP contribution in [0.25, 0.3) is 0 Å². The van der Waals surface area contributed by atoms with E-state index in [0.717, 1.165) is 0 Å².